The molecule has 6 heteroatoms. The normalized spacial score (nSPS) is 20.6. The lowest BCUT2D eigenvalue weighted by molar-refractivity contribution is 0.0766. The largest absolute Gasteiger partial charge is 0.393 e. The molecule has 1 saturated heterocycles. The standard InChI is InChI=1S/C14H18F2N2O2/c1-9(19)10-3-2-6-18(8-10)14(20)17-13-5-4-11(15)7-12(13)16/h4-5,7,9-10,19H,2-3,6,8H2,1H3,(H,17,20). The number of likely N-dealkylation sites (tertiary alicyclic amines) is 1. The molecule has 0 saturated carbocycles. The van der Waals surface area contributed by atoms with Crippen LogP contribution in [-0.4, -0.2) is 35.2 Å². The van der Waals surface area contributed by atoms with Crippen LogP contribution < -0.4 is 5.32 Å². The first-order valence-corrected chi connectivity index (χ1v) is 6.66. The molecule has 0 radical (unpaired) electrons. The first kappa shape index (κ1) is 14.7. The van der Waals surface area contributed by atoms with Crippen LogP contribution in [0.2, 0.25) is 0 Å². The third-order valence-electron chi connectivity index (χ3n) is 3.60. The summed E-state index contributed by atoms with van der Waals surface area (Å²) in [4.78, 5) is 13.6. The van der Waals surface area contributed by atoms with E-state index in [9.17, 15) is 18.7 Å². The van der Waals surface area contributed by atoms with Crippen LogP contribution in [0.25, 0.3) is 0 Å². The highest BCUT2D eigenvalue weighted by Gasteiger charge is 2.26. The van der Waals surface area contributed by atoms with Crippen LogP contribution in [0.1, 0.15) is 19.8 Å². The SMILES string of the molecule is CC(O)C1CCCN(C(=O)Nc2ccc(F)cc2F)C1. The van der Waals surface area contributed by atoms with Gasteiger partial charge in [-0.15, -0.1) is 0 Å². The Hall–Kier alpha value is -1.69. The number of hydrogen-bond acceptors (Lipinski definition) is 2. The molecule has 20 heavy (non-hydrogen) atoms. The van der Waals surface area contributed by atoms with Crippen molar-refractivity contribution in [2.24, 2.45) is 5.92 Å². The molecule has 1 fully saturated rings. The number of hydrogen-bond donors (Lipinski definition) is 2. The highest BCUT2D eigenvalue weighted by molar-refractivity contribution is 5.89. The summed E-state index contributed by atoms with van der Waals surface area (Å²) >= 11 is 0. The van der Waals surface area contributed by atoms with E-state index in [-0.39, 0.29) is 11.6 Å². The maximum absolute atomic E-state index is 13.5. The summed E-state index contributed by atoms with van der Waals surface area (Å²) in [6.07, 6.45) is 1.19. The number of benzene rings is 1. The summed E-state index contributed by atoms with van der Waals surface area (Å²) in [7, 11) is 0. The van der Waals surface area contributed by atoms with Crippen molar-refractivity contribution in [2.75, 3.05) is 18.4 Å². The van der Waals surface area contributed by atoms with Gasteiger partial charge in [-0.25, -0.2) is 13.6 Å². The van der Waals surface area contributed by atoms with Gasteiger partial charge in [0, 0.05) is 25.1 Å². The number of nitrogens with one attached hydrogen (secondary N) is 1. The second-order valence-corrected chi connectivity index (χ2v) is 5.14. The number of carbonyl (C=O) groups is 1. The number of halogens is 2. The number of rotatable bonds is 2. The summed E-state index contributed by atoms with van der Waals surface area (Å²) < 4.78 is 26.3. The number of nitrogens with zero attached hydrogens (tertiary/aromatic N) is 1. The molecule has 2 N–H and O–H groups in total. The molecule has 2 unspecified atom stereocenters. The fraction of sp³-hybridized carbons (Fsp3) is 0.500. The first-order valence-electron chi connectivity index (χ1n) is 6.66. The fourth-order valence-corrected chi connectivity index (χ4v) is 2.37. The Kier molecular flexibility index (Phi) is 4.54. The van der Waals surface area contributed by atoms with Gasteiger partial charge in [0.1, 0.15) is 11.6 Å². The zero-order valence-electron chi connectivity index (χ0n) is 11.3. The third-order valence-corrected chi connectivity index (χ3v) is 3.60. The molecule has 110 valence electrons. The van der Waals surface area contributed by atoms with E-state index < -0.39 is 23.8 Å². The Balaban J connectivity index is 2.00. The Morgan fingerprint density at radius 1 is 1.50 bits per heavy atom. The van der Waals surface area contributed by atoms with Gasteiger partial charge in [-0.3, -0.25) is 0 Å². The fourth-order valence-electron chi connectivity index (χ4n) is 2.37. The molecule has 1 aliphatic rings. The minimum atomic E-state index is -0.803. The maximum Gasteiger partial charge on any atom is 0.321 e. The van der Waals surface area contributed by atoms with Crippen LogP contribution in [0.4, 0.5) is 19.3 Å². The van der Waals surface area contributed by atoms with Crippen LogP contribution in [-0.2, 0) is 0 Å². The van der Waals surface area contributed by atoms with Crippen LogP contribution in [0, 0.1) is 17.6 Å². The number of aliphatic hydroxyl groups excluding tert-OH is 1. The molecule has 2 rings (SSSR count). The van der Waals surface area contributed by atoms with Crippen molar-refractivity contribution in [1.82, 2.24) is 4.90 Å². The molecule has 0 bridgehead atoms. The van der Waals surface area contributed by atoms with Gasteiger partial charge < -0.3 is 15.3 Å². The van der Waals surface area contributed by atoms with Crippen molar-refractivity contribution < 1.29 is 18.7 Å². The quantitative estimate of drug-likeness (QED) is 0.877. The first-order chi connectivity index (χ1) is 9.47. The van der Waals surface area contributed by atoms with E-state index in [1.165, 1.54) is 6.07 Å². The zero-order valence-corrected chi connectivity index (χ0v) is 11.3. The maximum atomic E-state index is 13.5. The Morgan fingerprint density at radius 2 is 2.25 bits per heavy atom. The second kappa shape index (κ2) is 6.17. The van der Waals surface area contributed by atoms with E-state index in [0.717, 1.165) is 25.0 Å². The molecule has 2 atom stereocenters. The number of anilines is 1. The topological polar surface area (TPSA) is 52.6 Å². The summed E-state index contributed by atoms with van der Waals surface area (Å²) in [6, 6.07) is 2.58. The molecule has 0 aromatic heterocycles. The van der Waals surface area contributed by atoms with Gasteiger partial charge in [-0.05, 0) is 31.9 Å². The van der Waals surface area contributed by atoms with Crippen LogP contribution in [0.15, 0.2) is 18.2 Å². The van der Waals surface area contributed by atoms with Gasteiger partial charge in [-0.2, -0.15) is 0 Å². The highest BCUT2D eigenvalue weighted by atomic mass is 19.1. The lowest BCUT2D eigenvalue weighted by Gasteiger charge is -2.34. The molecular formula is C14H18F2N2O2. The zero-order chi connectivity index (χ0) is 14.7. The predicted molar refractivity (Wildman–Crippen MR) is 71.4 cm³/mol. The molecule has 1 aromatic rings. The molecule has 1 aliphatic heterocycles. The molecule has 0 spiro atoms. The van der Waals surface area contributed by atoms with Crippen molar-refractivity contribution in [1.29, 1.82) is 0 Å². The number of aliphatic hydroxyl groups is 1. The van der Waals surface area contributed by atoms with Crippen LogP contribution >= 0.6 is 0 Å². The molecule has 1 aromatic carbocycles. The molecule has 4 nitrogen and oxygen atoms in total. The van der Waals surface area contributed by atoms with Crippen molar-refractivity contribution >= 4 is 11.7 Å². The number of amides is 2. The average molecular weight is 284 g/mol. The number of carbonyl (C=O) groups excluding carboxylic acids is 1. The minimum absolute atomic E-state index is 0.0348. The van der Waals surface area contributed by atoms with Crippen molar-refractivity contribution in [3.05, 3.63) is 29.8 Å². The molecule has 0 aliphatic carbocycles. The lowest BCUT2D eigenvalue weighted by Crippen LogP contribution is -2.44. The van der Waals surface area contributed by atoms with E-state index in [2.05, 4.69) is 5.32 Å². The second-order valence-electron chi connectivity index (χ2n) is 5.14. The van der Waals surface area contributed by atoms with Gasteiger partial charge in [0.05, 0.1) is 11.8 Å². The average Bonchev–Trinajstić information content (AvgIpc) is 2.42. The molecular weight excluding hydrogens is 266 g/mol. The number of piperidine rings is 1. The lowest BCUT2D eigenvalue weighted by atomic mass is 9.94. The van der Waals surface area contributed by atoms with Crippen molar-refractivity contribution in [3.8, 4) is 0 Å². The summed E-state index contributed by atoms with van der Waals surface area (Å²) in [5.41, 5.74) is -0.0458. The molecule has 1 heterocycles. The van der Waals surface area contributed by atoms with Gasteiger partial charge in [0.15, 0.2) is 0 Å². The van der Waals surface area contributed by atoms with Crippen molar-refractivity contribution in [3.63, 3.8) is 0 Å². The van der Waals surface area contributed by atoms with Crippen LogP contribution in [0.5, 0.6) is 0 Å². The summed E-state index contributed by atoms with van der Waals surface area (Å²) in [5, 5.41) is 12.0. The monoisotopic (exact) mass is 284 g/mol. The molecule has 2 amide bonds. The van der Waals surface area contributed by atoms with E-state index in [0.29, 0.717) is 13.1 Å². The third kappa shape index (κ3) is 3.45. The van der Waals surface area contributed by atoms with Gasteiger partial charge >= 0.3 is 6.03 Å². The van der Waals surface area contributed by atoms with Crippen molar-refractivity contribution in [2.45, 2.75) is 25.9 Å². The van der Waals surface area contributed by atoms with E-state index in [1.807, 2.05) is 0 Å². The Bertz CT molecular complexity index is 494. The van der Waals surface area contributed by atoms with E-state index >= 15 is 0 Å². The predicted octanol–water partition coefficient (Wildman–Crippen LogP) is 2.59. The smallest absolute Gasteiger partial charge is 0.321 e. The minimum Gasteiger partial charge on any atom is -0.393 e. The Morgan fingerprint density at radius 3 is 2.90 bits per heavy atom. The Labute approximate surface area is 116 Å². The van der Waals surface area contributed by atoms with Gasteiger partial charge in [0.25, 0.3) is 0 Å². The summed E-state index contributed by atoms with van der Waals surface area (Å²) in [5.74, 6) is -1.46. The van der Waals surface area contributed by atoms with Crippen LogP contribution in [0.3, 0.4) is 0 Å². The van der Waals surface area contributed by atoms with E-state index in [4.69, 9.17) is 0 Å². The van der Waals surface area contributed by atoms with Gasteiger partial charge in [0.2, 0.25) is 0 Å². The summed E-state index contributed by atoms with van der Waals surface area (Å²) in [6.45, 7) is 2.70. The van der Waals surface area contributed by atoms with Gasteiger partial charge in [-0.1, -0.05) is 0 Å². The number of urea groups is 1. The van der Waals surface area contributed by atoms with E-state index in [1.54, 1.807) is 11.8 Å². The highest BCUT2D eigenvalue weighted by Crippen LogP contribution is 2.21.